The third-order valence-corrected chi connectivity index (χ3v) is 3.80. The second kappa shape index (κ2) is 8.43. The number of fused-ring (bicyclic) bond motifs is 3. The number of pyridine rings is 1. The fourth-order valence-corrected chi connectivity index (χ4v) is 2.67. The van der Waals surface area contributed by atoms with Crippen molar-refractivity contribution in [3.05, 3.63) is 34.1 Å². The molecule has 0 radical (unpaired) electrons. The van der Waals surface area contributed by atoms with Gasteiger partial charge in [-0.05, 0) is 39.1 Å². The Kier molecular flexibility index (Phi) is 7.19. The van der Waals surface area contributed by atoms with E-state index in [4.69, 9.17) is 4.74 Å². The fraction of sp³-hybridized carbons (Fsp3) is 0.438. The summed E-state index contributed by atoms with van der Waals surface area (Å²) in [7, 11) is 4.03. The first-order chi connectivity index (χ1) is 10.1. The van der Waals surface area contributed by atoms with Crippen LogP contribution in [-0.4, -0.2) is 43.7 Å². The van der Waals surface area contributed by atoms with Crippen LogP contribution in [0, 0.1) is 0 Å². The summed E-state index contributed by atoms with van der Waals surface area (Å²) in [5.41, 5.74) is 2.69. The van der Waals surface area contributed by atoms with Gasteiger partial charge in [-0.25, -0.2) is 0 Å². The van der Waals surface area contributed by atoms with E-state index in [0.29, 0.717) is 6.61 Å². The Morgan fingerprint density at radius 3 is 2.78 bits per heavy atom. The smallest absolute Gasteiger partial charge is 0.253 e. The quantitative estimate of drug-likeness (QED) is 0.880. The highest BCUT2D eigenvalue weighted by atomic mass is 35.5. The number of hydrogen-bond acceptors (Lipinski definition) is 4. The van der Waals surface area contributed by atoms with Crippen LogP contribution in [0.3, 0.4) is 0 Å². The van der Waals surface area contributed by atoms with Crippen molar-refractivity contribution in [1.29, 1.82) is 0 Å². The van der Waals surface area contributed by atoms with E-state index in [1.165, 1.54) is 0 Å². The first-order valence-corrected chi connectivity index (χ1v) is 7.35. The second-order valence-electron chi connectivity index (χ2n) is 5.70. The molecule has 2 N–H and O–H groups in total. The standard InChI is InChI=1S/C16H21N3O2.2ClH/c1-19(2)8-9-21-11-5-6-12-14(10-11)18-16(20)13-4-3-7-17-15(12)13;;/h5-6,10,17H,3-4,7-9H2,1-2H3,(H,18,20);2*1H. The lowest BCUT2D eigenvalue weighted by atomic mass is 10.0. The van der Waals surface area contributed by atoms with Gasteiger partial charge < -0.3 is 19.9 Å². The van der Waals surface area contributed by atoms with Crippen LogP contribution in [0.2, 0.25) is 0 Å². The molecule has 0 saturated heterocycles. The molecular formula is C16H23Cl2N3O2. The largest absolute Gasteiger partial charge is 0.492 e. The van der Waals surface area contributed by atoms with Crippen molar-refractivity contribution in [2.75, 3.05) is 39.1 Å². The van der Waals surface area contributed by atoms with Crippen LogP contribution in [0.5, 0.6) is 5.75 Å². The maximum Gasteiger partial charge on any atom is 0.253 e. The Labute approximate surface area is 148 Å². The van der Waals surface area contributed by atoms with E-state index < -0.39 is 0 Å². The summed E-state index contributed by atoms with van der Waals surface area (Å²) in [5, 5.41) is 4.42. The summed E-state index contributed by atoms with van der Waals surface area (Å²) in [6.45, 7) is 2.42. The monoisotopic (exact) mass is 359 g/mol. The SMILES string of the molecule is CN(C)CCOc1ccc2c3c(c(=O)[nH]c2c1)CCCN3.Cl.Cl. The molecule has 0 spiro atoms. The summed E-state index contributed by atoms with van der Waals surface area (Å²) in [5.74, 6) is 0.788. The zero-order valence-corrected chi connectivity index (χ0v) is 15.0. The van der Waals surface area contributed by atoms with Crippen LogP contribution in [-0.2, 0) is 6.42 Å². The van der Waals surface area contributed by atoms with Crippen LogP contribution in [0.25, 0.3) is 10.9 Å². The van der Waals surface area contributed by atoms with Crippen molar-refractivity contribution in [2.24, 2.45) is 0 Å². The number of nitrogens with one attached hydrogen (secondary N) is 2. The molecule has 2 aromatic rings. The molecule has 1 aliphatic heterocycles. The lowest BCUT2D eigenvalue weighted by Gasteiger charge is -2.19. The van der Waals surface area contributed by atoms with E-state index in [1.54, 1.807) is 0 Å². The van der Waals surface area contributed by atoms with Crippen molar-refractivity contribution in [3.63, 3.8) is 0 Å². The van der Waals surface area contributed by atoms with Crippen molar-refractivity contribution < 1.29 is 4.74 Å². The van der Waals surface area contributed by atoms with Gasteiger partial charge in [0.25, 0.3) is 5.56 Å². The number of H-pyrrole nitrogens is 1. The van der Waals surface area contributed by atoms with E-state index in [2.05, 4.69) is 15.2 Å². The highest BCUT2D eigenvalue weighted by Crippen LogP contribution is 2.29. The molecule has 1 aliphatic rings. The fourth-order valence-electron chi connectivity index (χ4n) is 2.67. The second-order valence-corrected chi connectivity index (χ2v) is 5.70. The van der Waals surface area contributed by atoms with E-state index >= 15 is 0 Å². The number of aromatic amines is 1. The molecule has 2 heterocycles. The molecule has 0 saturated carbocycles. The number of anilines is 1. The maximum atomic E-state index is 12.1. The van der Waals surface area contributed by atoms with Crippen molar-refractivity contribution in [3.8, 4) is 5.75 Å². The predicted molar refractivity (Wildman–Crippen MR) is 99.9 cm³/mol. The molecule has 1 aromatic heterocycles. The zero-order valence-electron chi connectivity index (χ0n) is 13.3. The van der Waals surface area contributed by atoms with Gasteiger partial charge in [0.2, 0.25) is 0 Å². The first kappa shape index (κ1) is 19.6. The van der Waals surface area contributed by atoms with Gasteiger partial charge in [0.05, 0.1) is 11.2 Å². The van der Waals surface area contributed by atoms with Gasteiger partial charge in [-0.15, -0.1) is 24.8 Å². The van der Waals surface area contributed by atoms with Crippen molar-refractivity contribution >= 4 is 41.4 Å². The molecule has 0 unspecified atom stereocenters. The van der Waals surface area contributed by atoms with Crippen LogP contribution in [0.4, 0.5) is 5.69 Å². The van der Waals surface area contributed by atoms with Gasteiger partial charge in [0.1, 0.15) is 12.4 Å². The summed E-state index contributed by atoms with van der Waals surface area (Å²) in [4.78, 5) is 17.2. The van der Waals surface area contributed by atoms with Crippen LogP contribution >= 0.6 is 24.8 Å². The summed E-state index contributed by atoms with van der Waals surface area (Å²) in [6, 6.07) is 5.89. The lowest BCUT2D eigenvalue weighted by Crippen LogP contribution is -2.22. The van der Waals surface area contributed by atoms with Gasteiger partial charge in [-0.3, -0.25) is 4.79 Å². The molecule has 0 bridgehead atoms. The lowest BCUT2D eigenvalue weighted by molar-refractivity contribution is 0.261. The molecule has 0 fully saturated rings. The number of ether oxygens (including phenoxy) is 1. The average molecular weight is 360 g/mol. The van der Waals surface area contributed by atoms with E-state index in [9.17, 15) is 4.79 Å². The molecule has 23 heavy (non-hydrogen) atoms. The summed E-state index contributed by atoms with van der Waals surface area (Å²) >= 11 is 0. The Hall–Kier alpha value is -1.43. The molecule has 1 aromatic carbocycles. The Morgan fingerprint density at radius 1 is 1.26 bits per heavy atom. The van der Waals surface area contributed by atoms with Crippen LogP contribution in [0.15, 0.2) is 23.0 Å². The Morgan fingerprint density at radius 2 is 2.04 bits per heavy atom. The molecule has 7 heteroatoms. The molecule has 0 aliphatic carbocycles. The van der Waals surface area contributed by atoms with Gasteiger partial charge in [0, 0.05) is 30.1 Å². The maximum absolute atomic E-state index is 12.1. The van der Waals surface area contributed by atoms with Crippen molar-refractivity contribution in [2.45, 2.75) is 12.8 Å². The Bertz CT molecular complexity index is 716. The van der Waals surface area contributed by atoms with Gasteiger partial charge in [0.15, 0.2) is 0 Å². The molecule has 128 valence electrons. The molecule has 0 amide bonds. The number of likely N-dealkylation sites (N-methyl/N-ethyl adjacent to an activating group) is 1. The van der Waals surface area contributed by atoms with Crippen molar-refractivity contribution in [1.82, 2.24) is 9.88 Å². The minimum Gasteiger partial charge on any atom is -0.492 e. The normalized spacial score (nSPS) is 12.8. The molecule has 3 rings (SSSR count). The van der Waals surface area contributed by atoms with E-state index in [-0.39, 0.29) is 30.4 Å². The first-order valence-electron chi connectivity index (χ1n) is 7.35. The summed E-state index contributed by atoms with van der Waals surface area (Å²) < 4.78 is 5.72. The highest BCUT2D eigenvalue weighted by molar-refractivity contribution is 5.93. The van der Waals surface area contributed by atoms with Gasteiger partial charge in [-0.1, -0.05) is 0 Å². The minimum absolute atomic E-state index is 0. The average Bonchev–Trinajstić information content (AvgIpc) is 2.47. The van der Waals surface area contributed by atoms with E-state index in [0.717, 1.165) is 53.8 Å². The zero-order chi connectivity index (χ0) is 14.8. The van der Waals surface area contributed by atoms with Gasteiger partial charge >= 0.3 is 0 Å². The minimum atomic E-state index is 0. The number of aromatic nitrogens is 1. The van der Waals surface area contributed by atoms with Crippen LogP contribution < -0.4 is 15.6 Å². The number of hydrogen-bond donors (Lipinski definition) is 2. The number of rotatable bonds is 4. The highest BCUT2D eigenvalue weighted by Gasteiger charge is 2.16. The number of benzene rings is 1. The predicted octanol–water partition coefficient (Wildman–Crippen LogP) is 2.67. The number of nitrogens with zero attached hydrogens (tertiary/aromatic N) is 1. The molecule has 0 atom stereocenters. The molecule has 5 nitrogen and oxygen atoms in total. The summed E-state index contributed by atoms with van der Waals surface area (Å²) in [6.07, 6.45) is 1.85. The van der Waals surface area contributed by atoms with Gasteiger partial charge in [-0.2, -0.15) is 0 Å². The van der Waals surface area contributed by atoms with E-state index in [1.807, 2.05) is 32.3 Å². The van der Waals surface area contributed by atoms with Crippen LogP contribution in [0.1, 0.15) is 12.0 Å². The topological polar surface area (TPSA) is 57.4 Å². The third kappa shape index (κ3) is 4.31. The third-order valence-electron chi connectivity index (χ3n) is 3.80. The number of halogens is 2. The molecular weight excluding hydrogens is 337 g/mol. The Balaban J connectivity index is 0.00000132.